The Labute approximate surface area is 229 Å². The van der Waals surface area contributed by atoms with Crippen LogP contribution in [0.1, 0.15) is 42.5 Å². The van der Waals surface area contributed by atoms with E-state index in [0.29, 0.717) is 35.4 Å². The molecule has 8 nitrogen and oxygen atoms in total. The van der Waals surface area contributed by atoms with Crippen molar-refractivity contribution in [3.63, 3.8) is 0 Å². The zero-order valence-corrected chi connectivity index (χ0v) is 22.5. The van der Waals surface area contributed by atoms with Crippen LogP contribution in [0.15, 0.2) is 61.2 Å². The number of benzene rings is 2. The number of anilines is 2. The second kappa shape index (κ2) is 13.3. The fraction of sp³-hybridized carbons (Fsp3) is 0.414. The van der Waals surface area contributed by atoms with Gasteiger partial charge in [0.15, 0.2) is 0 Å². The Hall–Kier alpha value is -3.52. The average Bonchev–Trinajstić information content (AvgIpc) is 2.94. The van der Waals surface area contributed by atoms with E-state index in [1.54, 1.807) is 30.3 Å². The Kier molecular flexibility index (Phi) is 9.65. The molecule has 1 saturated carbocycles. The fourth-order valence-corrected chi connectivity index (χ4v) is 5.21. The predicted molar refractivity (Wildman–Crippen MR) is 152 cm³/mol. The number of carbonyl (C=O) groups is 3. The summed E-state index contributed by atoms with van der Waals surface area (Å²) in [5.74, 6) is -0.634. The van der Waals surface area contributed by atoms with E-state index in [1.807, 2.05) is 29.2 Å². The number of nitrogens with one attached hydrogen (secondary N) is 2. The molecule has 0 unspecified atom stereocenters. The Morgan fingerprint density at radius 1 is 0.974 bits per heavy atom. The van der Waals surface area contributed by atoms with Crippen LogP contribution in [-0.2, 0) is 4.79 Å². The van der Waals surface area contributed by atoms with E-state index < -0.39 is 0 Å². The highest BCUT2D eigenvalue weighted by molar-refractivity contribution is 6.33. The van der Waals surface area contributed by atoms with Gasteiger partial charge in [-0.1, -0.05) is 49.1 Å². The van der Waals surface area contributed by atoms with Crippen molar-refractivity contribution < 1.29 is 14.4 Å². The van der Waals surface area contributed by atoms with E-state index in [1.165, 1.54) is 24.2 Å². The molecule has 0 bridgehead atoms. The van der Waals surface area contributed by atoms with Crippen molar-refractivity contribution in [2.75, 3.05) is 49.5 Å². The van der Waals surface area contributed by atoms with Crippen LogP contribution >= 0.6 is 11.6 Å². The number of hydrogen-bond donors (Lipinski definition) is 2. The molecule has 2 fully saturated rings. The Morgan fingerprint density at radius 2 is 1.66 bits per heavy atom. The lowest BCUT2D eigenvalue weighted by atomic mass is 9.96. The van der Waals surface area contributed by atoms with Crippen molar-refractivity contribution in [2.24, 2.45) is 0 Å². The van der Waals surface area contributed by atoms with Crippen LogP contribution < -0.4 is 15.5 Å². The molecule has 1 saturated heterocycles. The van der Waals surface area contributed by atoms with Gasteiger partial charge in [0, 0.05) is 50.1 Å². The lowest BCUT2D eigenvalue weighted by Gasteiger charge is -2.37. The highest BCUT2D eigenvalue weighted by Gasteiger charge is 2.24. The van der Waals surface area contributed by atoms with Crippen LogP contribution in [0.25, 0.3) is 0 Å². The summed E-state index contributed by atoms with van der Waals surface area (Å²) in [7, 11) is 0. The first-order valence-corrected chi connectivity index (χ1v) is 13.7. The largest absolute Gasteiger partial charge is 0.368 e. The second-order valence-electron chi connectivity index (χ2n) is 9.81. The van der Waals surface area contributed by atoms with Crippen LogP contribution in [0.4, 0.5) is 16.2 Å². The molecule has 9 heteroatoms. The maximum atomic E-state index is 12.9. The van der Waals surface area contributed by atoms with Gasteiger partial charge in [-0.05, 0) is 49.2 Å². The summed E-state index contributed by atoms with van der Waals surface area (Å²) in [4.78, 5) is 43.8. The number of amides is 4. The molecule has 2 aromatic rings. The third-order valence-electron chi connectivity index (χ3n) is 7.09. The summed E-state index contributed by atoms with van der Waals surface area (Å²) >= 11 is 6.17. The van der Waals surface area contributed by atoms with Gasteiger partial charge >= 0.3 is 6.03 Å². The second-order valence-corrected chi connectivity index (χ2v) is 10.2. The lowest BCUT2D eigenvalue weighted by Crippen LogP contribution is -2.53. The lowest BCUT2D eigenvalue weighted by molar-refractivity contribution is -0.116. The molecule has 0 aromatic heterocycles. The van der Waals surface area contributed by atoms with E-state index in [4.69, 9.17) is 11.6 Å². The molecule has 1 heterocycles. The molecule has 4 rings (SSSR count). The van der Waals surface area contributed by atoms with E-state index in [2.05, 4.69) is 22.1 Å². The smallest absolute Gasteiger partial charge is 0.317 e. The van der Waals surface area contributed by atoms with Gasteiger partial charge in [0.05, 0.1) is 10.6 Å². The van der Waals surface area contributed by atoms with Crippen molar-refractivity contribution in [1.29, 1.82) is 0 Å². The van der Waals surface area contributed by atoms with Gasteiger partial charge in [-0.25, -0.2) is 4.79 Å². The summed E-state index contributed by atoms with van der Waals surface area (Å²) in [6, 6.07) is 14.8. The molecule has 0 atom stereocenters. The van der Waals surface area contributed by atoms with Gasteiger partial charge in [-0.2, -0.15) is 0 Å². The van der Waals surface area contributed by atoms with Gasteiger partial charge in [-0.3, -0.25) is 9.59 Å². The van der Waals surface area contributed by atoms with Crippen molar-refractivity contribution in [3.05, 3.63) is 71.8 Å². The minimum atomic E-state index is -0.326. The molecule has 2 aromatic carbocycles. The SMILES string of the molecule is C=CCN(CC(=O)Nc1ccc(N2CCN(C(=O)NC3CCCCC3)CC2)cc1)C(=O)c1ccccc1Cl. The van der Waals surface area contributed by atoms with Crippen LogP contribution in [0.3, 0.4) is 0 Å². The van der Waals surface area contributed by atoms with E-state index in [9.17, 15) is 14.4 Å². The van der Waals surface area contributed by atoms with Gasteiger partial charge in [0.25, 0.3) is 5.91 Å². The molecule has 0 spiro atoms. The predicted octanol–water partition coefficient (Wildman–Crippen LogP) is 4.77. The minimum absolute atomic E-state index is 0.0492. The number of carbonyl (C=O) groups excluding carboxylic acids is 3. The summed E-state index contributed by atoms with van der Waals surface area (Å²) < 4.78 is 0. The molecule has 4 amide bonds. The molecule has 0 radical (unpaired) electrons. The van der Waals surface area contributed by atoms with Crippen LogP contribution in [0.5, 0.6) is 0 Å². The number of halogens is 1. The van der Waals surface area contributed by atoms with Gasteiger partial charge in [0.1, 0.15) is 6.54 Å². The van der Waals surface area contributed by atoms with Crippen LogP contribution in [0, 0.1) is 0 Å². The third-order valence-corrected chi connectivity index (χ3v) is 7.42. The number of piperazine rings is 1. The Morgan fingerprint density at radius 3 is 2.32 bits per heavy atom. The quantitative estimate of drug-likeness (QED) is 0.475. The summed E-state index contributed by atoms with van der Waals surface area (Å²) in [5.41, 5.74) is 2.03. The van der Waals surface area contributed by atoms with E-state index in [-0.39, 0.29) is 30.9 Å². The van der Waals surface area contributed by atoms with Crippen LogP contribution in [-0.4, -0.2) is 73.0 Å². The standard InChI is InChI=1S/C29H36ClN5O3/c1-2-16-35(28(37)25-10-6-7-11-26(25)30)21-27(36)31-23-12-14-24(15-13-23)33-17-19-34(20-18-33)29(38)32-22-8-4-3-5-9-22/h2,6-7,10-15,22H,1,3-5,8-9,16-21H2,(H,31,36)(H,32,38). The molecular weight excluding hydrogens is 502 g/mol. The Balaban J connectivity index is 1.26. The topological polar surface area (TPSA) is 85.0 Å². The first-order valence-electron chi connectivity index (χ1n) is 13.3. The molecule has 1 aliphatic heterocycles. The summed E-state index contributed by atoms with van der Waals surface area (Å²) in [5, 5.41) is 6.40. The van der Waals surface area contributed by atoms with Crippen molar-refractivity contribution in [2.45, 2.75) is 38.1 Å². The number of hydrogen-bond acceptors (Lipinski definition) is 4. The third kappa shape index (κ3) is 7.28. The molecule has 1 aliphatic carbocycles. The molecule has 202 valence electrons. The Bertz CT molecular complexity index is 1130. The first-order chi connectivity index (χ1) is 18.4. The number of nitrogens with zero attached hydrogens (tertiary/aromatic N) is 3. The zero-order chi connectivity index (χ0) is 26.9. The first kappa shape index (κ1) is 27.5. The van der Waals surface area contributed by atoms with Gasteiger partial charge < -0.3 is 25.3 Å². The van der Waals surface area contributed by atoms with Crippen molar-refractivity contribution in [3.8, 4) is 0 Å². The fourth-order valence-electron chi connectivity index (χ4n) is 4.99. The zero-order valence-electron chi connectivity index (χ0n) is 21.7. The van der Waals surface area contributed by atoms with E-state index in [0.717, 1.165) is 31.6 Å². The minimum Gasteiger partial charge on any atom is -0.368 e. The normalized spacial score (nSPS) is 16.0. The molecule has 2 N–H and O–H groups in total. The molecule has 38 heavy (non-hydrogen) atoms. The van der Waals surface area contributed by atoms with Crippen molar-refractivity contribution in [1.82, 2.24) is 15.1 Å². The summed E-state index contributed by atoms with van der Waals surface area (Å²) in [6.45, 7) is 6.66. The van der Waals surface area contributed by atoms with Gasteiger partial charge in [0.2, 0.25) is 5.91 Å². The van der Waals surface area contributed by atoms with Crippen LogP contribution in [0.2, 0.25) is 5.02 Å². The highest BCUT2D eigenvalue weighted by Crippen LogP contribution is 2.21. The maximum Gasteiger partial charge on any atom is 0.317 e. The average molecular weight is 538 g/mol. The summed E-state index contributed by atoms with van der Waals surface area (Å²) in [6.07, 6.45) is 7.41. The maximum absolute atomic E-state index is 12.9. The number of rotatable bonds is 8. The molecular formula is C29H36ClN5O3. The van der Waals surface area contributed by atoms with Gasteiger partial charge in [-0.15, -0.1) is 6.58 Å². The number of urea groups is 1. The highest BCUT2D eigenvalue weighted by atomic mass is 35.5. The monoisotopic (exact) mass is 537 g/mol. The molecule has 2 aliphatic rings. The van der Waals surface area contributed by atoms with Crippen molar-refractivity contribution >= 4 is 40.8 Å². The van der Waals surface area contributed by atoms with E-state index >= 15 is 0 Å².